The normalized spacial score (nSPS) is 12.7. The van der Waals surface area contributed by atoms with Gasteiger partial charge in [-0.15, -0.1) is 0 Å². The number of carbonyl (C=O) groups is 2. The number of unbranched alkanes of at least 4 members (excludes halogenated alkanes) is 1. The molecule has 0 heterocycles. The monoisotopic (exact) mass is 309 g/mol. The summed E-state index contributed by atoms with van der Waals surface area (Å²) in [6.45, 7) is -0.203. The molecule has 1 atom stereocenters. The fourth-order valence-electron chi connectivity index (χ4n) is 1.89. The molecule has 0 saturated heterocycles. The van der Waals surface area contributed by atoms with Crippen LogP contribution >= 0.6 is 0 Å². The fourth-order valence-corrected chi connectivity index (χ4v) is 1.89. The number of nitrogens with two attached hydrogens (primary N) is 2. The van der Waals surface area contributed by atoms with Crippen LogP contribution in [0.4, 0.5) is 4.39 Å². The maximum absolute atomic E-state index is 12.1. The zero-order valence-electron chi connectivity index (χ0n) is 12.3. The second-order valence-electron chi connectivity index (χ2n) is 4.88. The van der Waals surface area contributed by atoms with Gasteiger partial charge in [-0.1, -0.05) is 18.2 Å². The van der Waals surface area contributed by atoms with Gasteiger partial charge in [-0.25, -0.2) is 4.39 Å². The zero-order chi connectivity index (χ0) is 16.4. The largest absolute Gasteiger partial charge is 0.368 e. The Balaban J connectivity index is 2.43. The van der Waals surface area contributed by atoms with Crippen LogP contribution in [0.2, 0.25) is 0 Å². The molecule has 0 aliphatic carbocycles. The predicted octanol–water partition coefficient (Wildman–Crippen LogP) is -1.15. The van der Waals surface area contributed by atoms with Gasteiger partial charge >= 0.3 is 0 Å². The average molecular weight is 309 g/mol. The van der Waals surface area contributed by atoms with E-state index in [4.69, 9.17) is 11.5 Å². The Morgan fingerprint density at radius 3 is 2.45 bits per heavy atom. The van der Waals surface area contributed by atoms with Crippen molar-refractivity contribution in [2.24, 2.45) is 11.5 Å². The molecule has 1 unspecified atom stereocenters. The Hall–Kier alpha value is -2.44. The van der Waals surface area contributed by atoms with Crippen LogP contribution in [0.25, 0.3) is 0 Å². The maximum Gasteiger partial charge on any atom is 0.272 e. The summed E-state index contributed by atoms with van der Waals surface area (Å²) in [5, 5.41) is 2.62. The highest BCUT2D eigenvalue weighted by Crippen LogP contribution is 2.03. The number of benzene rings is 1. The molecule has 0 spiro atoms. The van der Waals surface area contributed by atoms with Crippen molar-refractivity contribution in [3.8, 4) is 0 Å². The number of carbonyl (C=O) groups excluding carboxylic acids is 2. The minimum Gasteiger partial charge on any atom is -0.368 e. The minimum absolute atomic E-state index is 0.0869. The van der Waals surface area contributed by atoms with E-state index in [-0.39, 0.29) is 11.7 Å². The minimum atomic E-state index is -0.727. The van der Waals surface area contributed by atoms with E-state index < -0.39 is 18.6 Å². The molecule has 2 amide bonds. The second kappa shape index (κ2) is 9.49. The van der Waals surface area contributed by atoms with Crippen molar-refractivity contribution < 1.29 is 19.0 Å². The molecular weight excluding hydrogens is 287 g/mol. The molecule has 0 aliphatic heterocycles. The van der Waals surface area contributed by atoms with E-state index in [9.17, 15) is 14.0 Å². The Labute approximate surface area is 128 Å². The third kappa shape index (κ3) is 6.34. The van der Waals surface area contributed by atoms with Gasteiger partial charge in [0, 0.05) is 5.56 Å². The van der Waals surface area contributed by atoms with Gasteiger partial charge in [-0.3, -0.25) is 20.3 Å². The lowest BCUT2D eigenvalue weighted by molar-refractivity contribution is -0.460. The van der Waals surface area contributed by atoms with Crippen LogP contribution in [0.3, 0.4) is 0 Å². The number of hydrogen-bond donors (Lipinski definition) is 4. The molecule has 120 valence electrons. The van der Waals surface area contributed by atoms with Crippen LogP contribution in [0.5, 0.6) is 0 Å². The van der Waals surface area contributed by atoms with Crippen LogP contribution < -0.4 is 21.8 Å². The molecule has 1 rings (SSSR count). The van der Waals surface area contributed by atoms with Crippen molar-refractivity contribution in [3.63, 3.8) is 0 Å². The van der Waals surface area contributed by atoms with Crippen LogP contribution in [-0.2, 0) is 4.79 Å². The van der Waals surface area contributed by atoms with Gasteiger partial charge in [0.1, 0.15) is 6.04 Å². The summed E-state index contributed by atoms with van der Waals surface area (Å²) in [6, 6.07) is 7.88. The van der Waals surface area contributed by atoms with Crippen molar-refractivity contribution in [1.82, 2.24) is 5.32 Å². The van der Waals surface area contributed by atoms with Gasteiger partial charge in [-0.05, 0) is 31.4 Å². The van der Waals surface area contributed by atoms with Crippen LogP contribution in [-0.4, -0.2) is 36.9 Å². The first-order valence-electron chi connectivity index (χ1n) is 7.11. The van der Waals surface area contributed by atoms with Crippen LogP contribution in [0.15, 0.2) is 30.3 Å². The first kappa shape index (κ1) is 17.6. The number of hydrogen-bond acceptors (Lipinski definition) is 2. The Bertz CT molecular complexity index is 520. The molecule has 22 heavy (non-hydrogen) atoms. The SMILES string of the molecule is NC(=O)C(CCCC[NH+]=C(N)CF)NC(=O)c1ccccc1. The summed E-state index contributed by atoms with van der Waals surface area (Å²) in [5.74, 6) is -0.826. The number of amidine groups is 1. The molecule has 0 aliphatic rings. The highest BCUT2D eigenvalue weighted by Gasteiger charge is 2.18. The number of halogens is 1. The van der Waals surface area contributed by atoms with Crippen LogP contribution in [0.1, 0.15) is 29.6 Å². The Kier molecular flexibility index (Phi) is 7.60. The standard InChI is InChI=1S/C15H21FN4O2/c16-10-13(17)19-9-5-4-8-12(14(18)21)20-15(22)11-6-2-1-3-7-11/h1-3,6-7,12H,4-5,8-10H2,(H2,17,19)(H2,18,21)(H,20,22)/p+1. The molecule has 0 saturated carbocycles. The molecule has 0 fully saturated rings. The molecule has 1 aromatic carbocycles. The highest BCUT2D eigenvalue weighted by molar-refractivity contribution is 5.97. The van der Waals surface area contributed by atoms with Crippen molar-refractivity contribution in [3.05, 3.63) is 35.9 Å². The molecule has 0 radical (unpaired) electrons. The highest BCUT2D eigenvalue weighted by atomic mass is 19.1. The van der Waals surface area contributed by atoms with Crippen molar-refractivity contribution in [2.75, 3.05) is 13.2 Å². The smallest absolute Gasteiger partial charge is 0.272 e. The lowest BCUT2D eigenvalue weighted by Crippen LogP contribution is -2.76. The van der Waals surface area contributed by atoms with E-state index in [1.54, 1.807) is 30.3 Å². The van der Waals surface area contributed by atoms with Gasteiger partial charge < -0.3 is 11.1 Å². The first-order chi connectivity index (χ1) is 10.5. The van der Waals surface area contributed by atoms with Gasteiger partial charge in [-0.2, -0.15) is 0 Å². The molecule has 6 N–H and O–H groups in total. The molecular formula is C15H22FN4O2+. The van der Waals surface area contributed by atoms with Crippen LogP contribution in [0, 0.1) is 0 Å². The molecule has 0 aromatic heterocycles. The summed E-state index contributed by atoms with van der Waals surface area (Å²) in [7, 11) is 0. The summed E-state index contributed by atoms with van der Waals surface area (Å²) in [5.41, 5.74) is 11.1. The van der Waals surface area contributed by atoms with E-state index >= 15 is 0 Å². The first-order valence-corrected chi connectivity index (χ1v) is 7.11. The summed E-state index contributed by atoms with van der Waals surface area (Å²) < 4.78 is 12.1. The summed E-state index contributed by atoms with van der Waals surface area (Å²) >= 11 is 0. The summed E-state index contributed by atoms with van der Waals surface area (Å²) in [4.78, 5) is 26.1. The van der Waals surface area contributed by atoms with Crippen molar-refractivity contribution >= 4 is 17.6 Å². The average Bonchev–Trinajstić information content (AvgIpc) is 2.53. The van der Waals surface area contributed by atoms with Gasteiger partial charge in [0.2, 0.25) is 5.91 Å². The fraction of sp³-hybridized carbons (Fsp3) is 0.400. The van der Waals surface area contributed by atoms with E-state index in [1.165, 1.54) is 0 Å². The number of primary amides is 1. The van der Waals surface area contributed by atoms with E-state index in [2.05, 4.69) is 10.3 Å². The van der Waals surface area contributed by atoms with E-state index in [0.29, 0.717) is 31.4 Å². The summed E-state index contributed by atoms with van der Waals surface area (Å²) in [6.07, 6.45) is 1.76. The second-order valence-corrected chi connectivity index (χ2v) is 4.88. The maximum atomic E-state index is 12.1. The lowest BCUT2D eigenvalue weighted by Gasteiger charge is -2.15. The molecule has 7 heteroatoms. The number of nitrogens with one attached hydrogen (secondary N) is 2. The van der Waals surface area contributed by atoms with Gasteiger partial charge in [0.15, 0.2) is 6.67 Å². The third-order valence-electron chi connectivity index (χ3n) is 3.10. The number of amides is 2. The van der Waals surface area contributed by atoms with Crippen molar-refractivity contribution in [1.29, 1.82) is 0 Å². The number of rotatable bonds is 9. The quantitative estimate of drug-likeness (QED) is 0.262. The van der Waals surface area contributed by atoms with Gasteiger partial charge in [0.25, 0.3) is 11.7 Å². The van der Waals surface area contributed by atoms with E-state index in [0.717, 1.165) is 0 Å². The lowest BCUT2D eigenvalue weighted by atomic mass is 10.1. The van der Waals surface area contributed by atoms with Crippen molar-refractivity contribution in [2.45, 2.75) is 25.3 Å². The predicted molar refractivity (Wildman–Crippen MR) is 81.7 cm³/mol. The molecule has 6 nitrogen and oxygen atoms in total. The van der Waals surface area contributed by atoms with E-state index in [1.807, 2.05) is 0 Å². The Morgan fingerprint density at radius 2 is 1.86 bits per heavy atom. The Morgan fingerprint density at radius 1 is 1.18 bits per heavy atom. The topological polar surface area (TPSA) is 112 Å². The zero-order valence-corrected chi connectivity index (χ0v) is 12.3. The molecule has 0 bridgehead atoms. The van der Waals surface area contributed by atoms with Gasteiger partial charge in [0.05, 0.1) is 6.54 Å². The third-order valence-corrected chi connectivity index (χ3v) is 3.10. The molecule has 1 aromatic rings. The number of alkyl halides is 1.